The Labute approximate surface area is 98.7 Å². The minimum Gasteiger partial charge on any atom is -0.390 e. The predicted octanol–water partition coefficient (Wildman–Crippen LogP) is 2.37. The normalized spacial score (nSPS) is 11.7. The molecule has 2 heteroatoms. The molecule has 0 bridgehead atoms. The van der Waals surface area contributed by atoms with E-state index in [9.17, 15) is 5.11 Å². The lowest BCUT2D eigenvalue weighted by Gasteiger charge is -2.16. The average molecular weight is 221 g/mol. The maximum absolute atomic E-state index is 9.51. The van der Waals surface area contributed by atoms with Gasteiger partial charge < -0.3 is 10.4 Å². The first-order chi connectivity index (χ1) is 7.58. The Bertz CT molecular complexity index is 277. The minimum atomic E-state index is -0.549. The molecule has 0 amide bonds. The van der Waals surface area contributed by atoms with Gasteiger partial charge in [0.2, 0.25) is 0 Å². The molecule has 2 N–H and O–H groups in total. The van der Waals surface area contributed by atoms with E-state index in [0.717, 1.165) is 32.4 Å². The van der Waals surface area contributed by atoms with Gasteiger partial charge in [0, 0.05) is 0 Å². The van der Waals surface area contributed by atoms with Crippen LogP contribution in [0.15, 0.2) is 30.3 Å². The third-order valence-electron chi connectivity index (χ3n) is 2.58. The number of nitrogens with one attached hydrogen (secondary N) is 1. The lowest BCUT2D eigenvalue weighted by molar-refractivity contribution is 0.0712. The number of rotatable bonds is 7. The van der Waals surface area contributed by atoms with Gasteiger partial charge in [-0.2, -0.15) is 0 Å². The predicted molar refractivity (Wildman–Crippen MR) is 68.5 cm³/mol. The molecule has 0 saturated carbocycles. The molecule has 0 atom stereocenters. The number of aryl methyl sites for hydroxylation is 1. The zero-order valence-electron chi connectivity index (χ0n) is 10.4. The fraction of sp³-hybridized carbons (Fsp3) is 0.571. The molecule has 0 aromatic heterocycles. The quantitative estimate of drug-likeness (QED) is 0.693. The fourth-order valence-corrected chi connectivity index (χ4v) is 1.58. The highest BCUT2D eigenvalue weighted by atomic mass is 16.3. The Morgan fingerprint density at radius 3 is 2.44 bits per heavy atom. The first-order valence-corrected chi connectivity index (χ1v) is 6.05. The second-order valence-electron chi connectivity index (χ2n) is 4.90. The summed E-state index contributed by atoms with van der Waals surface area (Å²) in [5.41, 5.74) is 0.846. The van der Waals surface area contributed by atoms with E-state index < -0.39 is 5.60 Å². The van der Waals surface area contributed by atoms with Gasteiger partial charge in [-0.05, 0) is 51.8 Å². The van der Waals surface area contributed by atoms with E-state index in [2.05, 4.69) is 29.6 Å². The molecule has 0 fully saturated rings. The SMILES string of the molecule is CC(C)(O)CCNCCCc1ccccc1. The monoisotopic (exact) mass is 221 g/mol. The third-order valence-corrected chi connectivity index (χ3v) is 2.58. The number of hydrogen-bond donors (Lipinski definition) is 2. The highest BCUT2D eigenvalue weighted by molar-refractivity contribution is 5.14. The summed E-state index contributed by atoms with van der Waals surface area (Å²) in [6.45, 7) is 5.60. The molecule has 0 radical (unpaired) electrons. The number of hydrogen-bond acceptors (Lipinski definition) is 2. The molecular weight excluding hydrogens is 198 g/mol. The van der Waals surface area contributed by atoms with Crippen molar-refractivity contribution in [3.63, 3.8) is 0 Å². The molecule has 0 aliphatic heterocycles. The molecule has 1 rings (SSSR count). The Kier molecular flexibility index (Phi) is 5.50. The van der Waals surface area contributed by atoms with Gasteiger partial charge in [-0.25, -0.2) is 0 Å². The molecule has 0 heterocycles. The van der Waals surface area contributed by atoms with Crippen LogP contribution in [0.2, 0.25) is 0 Å². The molecule has 2 nitrogen and oxygen atoms in total. The van der Waals surface area contributed by atoms with Crippen LogP contribution in [0.3, 0.4) is 0 Å². The summed E-state index contributed by atoms with van der Waals surface area (Å²) >= 11 is 0. The molecule has 1 aromatic carbocycles. The largest absolute Gasteiger partial charge is 0.390 e. The van der Waals surface area contributed by atoms with Crippen molar-refractivity contribution in [3.05, 3.63) is 35.9 Å². The van der Waals surface area contributed by atoms with Crippen LogP contribution in [-0.2, 0) is 6.42 Å². The highest BCUT2D eigenvalue weighted by Crippen LogP contribution is 2.05. The summed E-state index contributed by atoms with van der Waals surface area (Å²) in [7, 11) is 0. The van der Waals surface area contributed by atoms with E-state index in [1.54, 1.807) is 0 Å². The van der Waals surface area contributed by atoms with Crippen LogP contribution >= 0.6 is 0 Å². The first-order valence-electron chi connectivity index (χ1n) is 6.05. The van der Waals surface area contributed by atoms with Gasteiger partial charge in [-0.3, -0.25) is 0 Å². The zero-order chi connectivity index (χ0) is 11.9. The molecule has 0 aliphatic carbocycles. The van der Waals surface area contributed by atoms with Crippen LogP contribution in [0.4, 0.5) is 0 Å². The summed E-state index contributed by atoms with van der Waals surface area (Å²) in [5, 5.41) is 12.9. The van der Waals surface area contributed by atoms with Crippen molar-refractivity contribution >= 4 is 0 Å². The van der Waals surface area contributed by atoms with Crippen LogP contribution < -0.4 is 5.32 Å². The van der Waals surface area contributed by atoms with Crippen LogP contribution in [0, 0.1) is 0 Å². The van der Waals surface area contributed by atoms with E-state index in [1.165, 1.54) is 5.56 Å². The molecule has 16 heavy (non-hydrogen) atoms. The van der Waals surface area contributed by atoms with E-state index >= 15 is 0 Å². The van der Waals surface area contributed by atoms with Crippen LogP contribution in [-0.4, -0.2) is 23.8 Å². The molecule has 0 unspecified atom stereocenters. The van der Waals surface area contributed by atoms with Crippen LogP contribution in [0.5, 0.6) is 0 Å². The van der Waals surface area contributed by atoms with E-state index in [1.807, 2.05) is 19.9 Å². The molecule has 1 aromatic rings. The Morgan fingerprint density at radius 1 is 1.12 bits per heavy atom. The van der Waals surface area contributed by atoms with E-state index in [4.69, 9.17) is 0 Å². The summed E-state index contributed by atoms with van der Waals surface area (Å²) in [4.78, 5) is 0. The van der Waals surface area contributed by atoms with Crippen LogP contribution in [0.25, 0.3) is 0 Å². The maximum Gasteiger partial charge on any atom is 0.0603 e. The van der Waals surface area contributed by atoms with Crippen molar-refractivity contribution < 1.29 is 5.11 Å². The molecular formula is C14H23NO. The lowest BCUT2D eigenvalue weighted by Crippen LogP contribution is -2.27. The van der Waals surface area contributed by atoms with E-state index in [0.29, 0.717) is 0 Å². The highest BCUT2D eigenvalue weighted by Gasteiger charge is 2.10. The smallest absolute Gasteiger partial charge is 0.0603 e. The van der Waals surface area contributed by atoms with Crippen molar-refractivity contribution in [2.24, 2.45) is 0 Å². The standard InChI is InChI=1S/C14H23NO/c1-14(2,16)10-12-15-11-6-9-13-7-4-3-5-8-13/h3-5,7-8,15-16H,6,9-12H2,1-2H3. The van der Waals surface area contributed by atoms with Gasteiger partial charge >= 0.3 is 0 Å². The fourth-order valence-electron chi connectivity index (χ4n) is 1.58. The third kappa shape index (κ3) is 6.59. The summed E-state index contributed by atoms with van der Waals surface area (Å²) in [6, 6.07) is 10.5. The Morgan fingerprint density at radius 2 is 1.81 bits per heavy atom. The van der Waals surface area contributed by atoms with Gasteiger partial charge in [-0.1, -0.05) is 30.3 Å². The molecule has 0 aliphatic rings. The van der Waals surface area contributed by atoms with Crippen molar-refractivity contribution in [2.45, 2.75) is 38.7 Å². The van der Waals surface area contributed by atoms with Gasteiger partial charge in [0.05, 0.1) is 5.60 Å². The zero-order valence-corrected chi connectivity index (χ0v) is 10.4. The average Bonchev–Trinajstić information content (AvgIpc) is 2.23. The summed E-state index contributed by atoms with van der Waals surface area (Å²) in [6.07, 6.45) is 3.07. The van der Waals surface area contributed by atoms with Gasteiger partial charge in [0.25, 0.3) is 0 Å². The Hall–Kier alpha value is -0.860. The van der Waals surface area contributed by atoms with Gasteiger partial charge in [-0.15, -0.1) is 0 Å². The Balaban J connectivity index is 2.01. The second-order valence-corrected chi connectivity index (χ2v) is 4.90. The van der Waals surface area contributed by atoms with Crippen molar-refractivity contribution in [3.8, 4) is 0 Å². The minimum absolute atomic E-state index is 0.549. The number of benzene rings is 1. The van der Waals surface area contributed by atoms with Crippen molar-refractivity contribution in [2.75, 3.05) is 13.1 Å². The van der Waals surface area contributed by atoms with Crippen LogP contribution in [0.1, 0.15) is 32.3 Å². The number of aliphatic hydroxyl groups is 1. The lowest BCUT2D eigenvalue weighted by atomic mass is 10.1. The maximum atomic E-state index is 9.51. The topological polar surface area (TPSA) is 32.3 Å². The van der Waals surface area contributed by atoms with Crippen molar-refractivity contribution in [1.82, 2.24) is 5.32 Å². The molecule has 0 saturated heterocycles. The van der Waals surface area contributed by atoms with E-state index in [-0.39, 0.29) is 0 Å². The van der Waals surface area contributed by atoms with Gasteiger partial charge in [0.1, 0.15) is 0 Å². The van der Waals surface area contributed by atoms with Crippen molar-refractivity contribution in [1.29, 1.82) is 0 Å². The van der Waals surface area contributed by atoms with Gasteiger partial charge in [0.15, 0.2) is 0 Å². The molecule has 90 valence electrons. The second kappa shape index (κ2) is 6.66. The molecule has 0 spiro atoms. The summed E-state index contributed by atoms with van der Waals surface area (Å²) < 4.78 is 0. The first kappa shape index (κ1) is 13.2. The summed E-state index contributed by atoms with van der Waals surface area (Å²) in [5.74, 6) is 0.